The van der Waals surface area contributed by atoms with Crippen LogP contribution >= 0.6 is 0 Å². The fourth-order valence-corrected chi connectivity index (χ4v) is 2.65. The van der Waals surface area contributed by atoms with Gasteiger partial charge in [-0.3, -0.25) is 5.32 Å². The summed E-state index contributed by atoms with van der Waals surface area (Å²) in [6.45, 7) is 6.94. The zero-order valence-corrected chi connectivity index (χ0v) is 17.0. The number of aromatic nitrogens is 5. The third-order valence-electron chi connectivity index (χ3n) is 3.83. The summed E-state index contributed by atoms with van der Waals surface area (Å²) in [6, 6.07) is 14.4. The van der Waals surface area contributed by atoms with Gasteiger partial charge in [-0.15, -0.1) is 5.10 Å². The second kappa shape index (κ2) is 9.12. The van der Waals surface area contributed by atoms with Crippen molar-refractivity contribution in [3.8, 4) is 0 Å². The predicted octanol–water partition coefficient (Wildman–Crippen LogP) is 3.17. The lowest BCUT2D eigenvalue weighted by molar-refractivity contribution is 0.128. The van der Waals surface area contributed by atoms with Crippen LogP contribution in [0.5, 0.6) is 0 Å². The van der Waals surface area contributed by atoms with Crippen molar-refractivity contribution in [2.75, 3.05) is 5.32 Å². The normalized spacial score (nSPS) is 11.9. The first-order chi connectivity index (χ1) is 14.3. The molecule has 0 saturated carbocycles. The Hall–Kier alpha value is -3.82. The van der Waals surface area contributed by atoms with Crippen LogP contribution < -0.4 is 5.32 Å². The fourth-order valence-electron chi connectivity index (χ4n) is 2.65. The molecule has 3 aromatic rings. The lowest BCUT2D eigenvalue weighted by Gasteiger charge is -2.18. The SMILES string of the molecule is CC(C)(C)Cn1nnnc1C(=NOCc1cccc(NC(=O)O)n1)c1ccccc1. The summed E-state index contributed by atoms with van der Waals surface area (Å²) < 4.78 is 1.70. The van der Waals surface area contributed by atoms with E-state index in [1.807, 2.05) is 30.3 Å². The Labute approximate surface area is 173 Å². The van der Waals surface area contributed by atoms with E-state index in [0.717, 1.165) is 5.56 Å². The highest BCUT2D eigenvalue weighted by molar-refractivity contribution is 6.10. The van der Waals surface area contributed by atoms with Crippen molar-refractivity contribution < 1.29 is 14.7 Å². The van der Waals surface area contributed by atoms with Gasteiger partial charge < -0.3 is 9.94 Å². The van der Waals surface area contributed by atoms with Gasteiger partial charge in [0, 0.05) is 5.56 Å². The zero-order chi connectivity index (χ0) is 21.6. The lowest BCUT2D eigenvalue weighted by Crippen LogP contribution is -2.22. The maximum Gasteiger partial charge on any atom is 0.410 e. The van der Waals surface area contributed by atoms with Crippen molar-refractivity contribution in [1.29, 1.82) is 0 Å². The molecule has 2 heterocycles. The molecule has 0 atom stereocenters. The van der Waals surface area contributed by atoms with E-state index in [1.54, 1.807) is 22.9 Å². The summed E-state index contributed by atoms with van der Waals surface area (Å²) in [7, 11) is 0. The molecule has 0 aliphatic heterocycles. The third-order valence-corrected chi connectivity index (χ3v) is 3.83. The van der Waals surface area contributed by atoms with Gasteiger partial charge in [0.2, 0.25) is 5.82 Å². The van der Waals surface area contributed by atoms with E-state index in [0.29, 0.717) is 23.8 Å². The van der Waals surface area contributed by atoms with Crippen LogP contribution in [0.1, 0.15) is 37.9 Å². The minimum atomic E-state index is -1.18. The monoisotopic (exact) mass is 409 g/mol. The van der Waals surface area contributed by atoms with E-state index in [2.05, 4.69) is 51.8 Å². The lowest BCUT2D eigenvalue weighted by atomic mass is 9.97. The molecule has 3 rings (SSSR count). The maximum absolute atomic E-state index is 10.8. The molecule has 0 saturated heterocycles. The third kappa shape index (κ3) is 5.84. The number of pyridine rings is 1. The van der Waals surface area contributed by atoms with Crippen molar-refractivity contribution in [3.05, 3.63) is 65.6 Å². The number of anilines is 1. The Morgan fingerprint density at radius 2 is 1.93 bits per heavy atom. The minimum absolute atomic E-state index is 0.0334. The van der Waals surface area contributed by atoms with E-state index < -0.39 is 6.09 Å². The van der Waals surface area contributed by atoms with Gasteiger partial charge in [0.05, 0.1) is 12.2 Å². The van der Waals surface area contributed by atoms with Crippen molar-refractivity contribution in [2.24, 2.45) is 10.6 Å². The first-order valence-electron chi connectivity index (χ1n) is 9.30. The summed E-state index contributed by atoms with van der Waals surface area (Å²) in [5, 5.41) is 27.4. The maximum atomic E-state index is 10.8. The first kappa shape index (κ1) is 20.9. The number of nitrogens with one attached hydrogen (secondary N) is 1. The Kier molecular flexibility index (Phi) is 6.35. The van der Waals surface area contributed by atoms with Crippen molar-refractivity contribution in [3.63, 3.8) is 0 Å². The van der Waals surface area contributed by atoms with Gasteiger partial charge in [-0.25, -0.2) is 14.5 Å². The average Bonchev–Trinajstić information content (AvgIpc) is 3.11. The Bertz CT molecular complexity index is 1030. The van der Waals surface area contributed by atoms with E-state index in [4.69, 9.17) is 9.94 Å². The number of hydrogen-bond acceptors (Lipinski definition) is 7. The topological polar surface area (TPSA) is 127 Å². The Morgan fingerprint density at radius 1 is 1.17 bits per heavy atom. The summed E-state index contributed by atoms with van der Waals surface area (Å²) in [5.41, 5.74) is 1.78. The molecular weight excluding hydrogens is 386 g/mol. The Morgan fingerprint density at radius 3 is 2.63 bits per heavy atom. The quantitative estimate of drug-likeness (QED) is 0.453. The second-order valence-electron chi connectivity index (χ2n) is 7.74. The molecule has 0 radical (unpaired) electrons. The van der Waals surface area contributed by atoms with Gasteiger partial charge in [0.15, 0.2) is 12.3 Å². The molecule has 156 valence electrons. The van der Waals surface area contributed by atoms with Crippen molar-refractivity contribution in [2.45, 2.75) is 33.9 Å². The van der Waals surface area contributed by atoms with Crippen LogP contribution in [0.3, 0.4) is 0 Å². The molecule has 2 aromatic heterocycles. The molecule has 30 heavy (non-hydrogen) atoms. The number of nitrogens with zero attached hydrogens (tertiary/aromatic N) is 6. The van der Waals surface area contributed by atoms with Crippen LogP contribution in [0.25, 0.3) is 0 Å². The minimum Gasteiger partial charge on any atom is -0.465 e. The molecular formula is C20H23N7O3. The standard InChI is InChI=1S/C20H23N7O3/c1-20(2,3)13-27-18(23-25-26-27)17(14-8-5-4-6-9-14)24-30-12-15-10-7-11-16(21-15)22-19(28)29/h4-11H,12-13H2,1-3H3,(H,21,22)(H,28,29). The molecule has 2 N–H and O–H groups in total. The molecule has 0 bridgehead atoms. The molecule has 1 aromatic carbocycles. The van der Waals surface area contributed by atoms with Gasteiger partial charge in [0.1, 0.15) is 5.82 Å². The Balaban J connectivity index is 1.85. The molecule has 0 unspecified atom stereocenters. The second-order valence-corrected chi connectivity index (χ2v) is 7.74. The fraction of sp³-hybridized carbons (Fsp3) is 0.300. The molecule has 0 fully saturated rings. The number of oxime groups is 1. The average molecular weight is 409 g/mol. The number of carboxylic acid groups (broad SMARTS) is 1. The summed E-state index contributed by atoms with van der Waals surface area (Å²) in [6.07, 6.45) is -1.18. The van der Waals surface area contributed by atoms with Crippen molar-refractivity contribution >= 4 is 17.6 Å². The zero-order valence-electron chi connectivity index (χ0n) is 17.0. The van der Waals surface area contributed by atoms with Crippen LogP contribution in [-0.4, -0.2) is 42.1 Å². The van der Waals surface area contributed by atoms with Crippen LogP contribution in [0.4, 0.5) is 10.6 Å². The number of amides is 1. The smallest absolute Gasteiger partial charge is 0.410 e. The number of hydrogen-bond donors (Lipinski definition) is 2. The van der Waals surface area contributed by atoms with Crippen LogP contribution in [0.15, 0.2) is 53.7 Å². The molecule has 10 nitrogen and oxygen atoms in total. The number of benzene rings is 1. The highest BCUT2D eigenvalue weighted by Crippen LogP contribution is 2.18. The van der Waals surface area contributed by atoms with Crippen LogP contribution in [0.2, 0.25) is 0 Å². The van der Waals surface area contributed by atoms with Gasteiger partial charge in [0.25, 0.3) is 0 Å². The highest BCUT2D eigenvalue weighted by Gasteiger charge is 2.21. The summed E-state index contributed by atoms with van der Waals surface area (Å²) in [4.78, 5) is 20.5. The molecule has 0 aliphatic carbocycles. The number of tetrazole rings is 1. The molecule has 0 spiro atoms. The van der Waals surface area contributed by atoms with Gasteiger partial charge >= 0.3 is 6.09 Å². The van der Waals surface area contributed by atoms with E-state index in [9.17, 15) is 4.79 Å². The van der Waals surface area contributed by atoms with Gasteiger partial charge in [-0.1, -0.05) is 62.3 Å². The predicted molar refractivity (Wildman–Crippen MR) is 110 cm³/mol. The van der Waals surface area contributed by atoms with Crippen molar-refractivity contribution in [1.82, 2.24) is 25.2 Å². The largest absolute Gasteiger partial charge is 0.465 e. The molecule has 1 amide bonds. The molecule has 10 heteroatoms. The van der Waals surface area contributed by atoms with Gasteiger partial charge in [-0.2, -0.15) is 0 Å². The highest BCUT2D eigenvalue weighted by atomic mass is 16.6. The number of rotatable bonds is 7. The van der Waals surface area contributed by atoms with E-state index in [-0.39, 0.29) is 17.8 Å². The van der Waals surface area contributed by atoms with Crippen LogP contribution in [-0.2, 0) is 18.0 Å². The first-order valence-corrected chi connectivity index (χ1v) is 9.30. The molecule has 0 aliphatic rings. The van der Waals surface area contributed by atoms with E-state index in [1.165, 1.54) is 0 Å². The summed E-state index contributed by atoms with van der Waals surface area (Å²) in [5.74, 6) is 0.704. The van der Waals surface area contributed by atoms with Crippen LogP contribution in [0, 0.1) is 5.41 Å². The van der Waals surface area contributed by atoms with Gasteiger partial charge in [-0.05, 0) is 28.0 Å². The number of carbonyl (C=O) groups is 1. The van der Waals surface area contributed by atoms with E-state index >= 15 is 0 Å². The summed E-state index contributed by atoms with van der Waals surface area (Å²) >= 11 is 0.